The zero-order valence-electron chi connectivity index (χ0n) is 15.4. The number of allylic oxidation sites excluding steroid dienone is 2. The number of aromatic nitrogens is 1. The normalized spacial score (nSPS) is 19.8. The van der Waals surface area contributed by atoms with Crippen molar-refractivity contribution in [2.75, 3.05) is 0 Å². The first-order chi connectivity index (χ1) is 11.2. The van der Waals surface area contributed by atoms with Gasteiger partial charge in [0.05, 0.1) is 5.69 Å². The summed E-state index contributed by atoms with van der Waals surface area (Å²) in [4.78, 5) is 12.6. The second-order valence-electron chi connectivity index (χ2n) is 8.36. The molecule has 0 radical (unpaired) electrons. The van der Waals surface area contributed by atoms with Crippen LogP contribution in [0.25, 0.3) is 11.1 Å². The molecule has 0 saturated heterocycles. The number of benzene rings is 1. The molecule has 0 unspecified atom stereocenters. The van der Waals surface area contributed by atoms with Gasteiger partial charge in [-0.05, 0) is 50.0 Å². The number of rotatable bonds is 0. The minimum Gasteiger partial charge on any atom is -0.341 e. The molecule has 1 aromatic heterocycles. The van der Waals surface area contributed by atoms with E-state index in [1.54, 1.807) is 0 Å². The SMILES string of the molecule is Cc1cn2c(c(C)c1=O)C1=C(c3ccccc3C1)C(C)(C)C2(C)C. The monoisotopic (exact) mass is 319 g/mol. The van der Waals surface area contributed by atoms with Gasteiger partial charge in [0, 0.05) is 34.7 Å². The Labute approximate surface area is 143 Å². The number of fused-ring (bicyclic) bond motifs is 4. The van der Waals surface area contributed by atoms with Crippen molar-refractivity contribution in [2.24, 2.45) is 5.41 Å². The molecule has 4 rings (SSSR count). The molecule has 1 aromatic carbocycles. The minimum absolute atomic E-state index is 0.0180. The Morgan fingerprint density at radius 3 is 2.42 bits per heavy atom. The average Bonchev–Trinajstić information content (AvgIpc) is 2.90. The van der Waals surface area contributed by atoms with Crippen LogP contribution in [-0.4, -0.2) is 4.57 Å². The van der Waals surface area contributed by atoms with Crippen LogP contribution in [0, 0.1) is 19.3 Å². The van der Waals surface area contributed by atoms with Gasteiger partial charge >= 0.3 is 0 Å². The molecule has 0 bridgehead atoms. The lowest BCUT2D eigenvalue weighted by atomic mass is 9.64. The summed E-state index contributed by atoms with van der Waals surface area (Å²) in [6.07, 6.45) is 2.99. The quantitative estimate of drug-likeness (QED) is 0.689. The van der Waals surface area contributed by atoms with E-state index in [-0.39, 0.29) is 16.4 Å². The molecule has 0 amide bonds. The second-order valence-corrected chi connectivity index (χ2v) is 8.36. The van der Waals surface area contributed by atoms with Gasteiger partial charge in [-0.1, -0.05) is 38.1 Å². The second kappa shape index (κ2) is 4.50. The van der Waals surface area contributed by atoms with E-state index < -0.39 is 0 Å². The fraction of sp³-hybridized carbons (Fsp3) is 0.409. The first kappa shape index (κ1) is 15.4. The first-order valence-corrected chi connectivity index (χ1v) is 8.73. The van der Waals surface area contributed by atoms with Gasteiger partial charge in [-0.2, -0.15) is 0 Å². The number of aryl methyl sites for hydroxylation is 1. The first-order valence-electron chi connectivity index (χ1n) is 8.73. The molecule has 2 heteroatoms. The molecule has 2 nitrogen and oxygen atoms in total. The predicted octanol–water partition coefficient (Wildman–Crippen LogP) is 4.71. The summed E-state index contributed by atoms with van der Waals surface area (Å²) in [6.45, 7) is 13.2. The van der Waals surface area contributed by atoms with Crippen molar-refractivity contribution in [1.29, 1.82) is 0 Å². The van der Waals surface area contributed by atoms with Gasteiger partial charge in [0.2, 0.25) is 0 Å². The van der Waals surface area contributed by atoms with Crippen LogP contribution in [0.3, 0.4) is 0 Å². The number of nitrogens with zero attached hydrogens (tertiary/aromatic N) is 1. The van der Waals surface area contributed by atoms with E-state index in [0.717, 1.165) is 23.2 Å². The van der Waals surface area contributed by atoms with Crippen molar-refractivity contribution in [2.45, 2.75) is 53.5 Å². The summed E-state index contributed by atoms with van der Waals surface area (Å²) in [5.74, 6) is 0. The minimum atomic E-state index is -0.109. The summed E-state index contributed by atoms with van der Waals surface area (Å²) >= 11 is 0. The van der Waals surface area contributed by atoms with Gasteiger partial charge in [0.25, 0.3) is 0 Å². The molecule has 1 aliphatic heterocycles. The lowest BCUT2D eigenvalue weighted by Crippen LogP contribution is -2.47. The Hall–Kier alpha value is -2.09. The van der Waals surface area contributed by atoms with E-state index in [1.807, 2.05) is 13.8 Å². The predicted molar refractivity (Wildman–Crippen MR) is 100 cm³/mol. The largest absolute Gasteiger partial charge is 0.341 e. The van der Waals surface area contributed by atoms with Crippen LogP contribution < -0.4 is 5.43 Å². The topological polar surface area (TPSA) is 22.0 Å². The van der Waals surface area contributed by atoms with E-state index in [4.69, 9.17) is 0 Å². The molecule has 0 atom stereocenters. The molecular formula is C22H25NO. The van der Waals surface area contributed by atoms with E-state index >= 15 is 0 Å². The third kappa shape index (κ3) is 1.64. The van der Waals surface area contributed by atoms with Gasteiger partial charge in [-0.25, -0.2) is 0 Å². The molecule has 1 aliphatic carbocycles. The van der Waals surface area contributed by atoms with Crippen molar-refractivity contribution in [3.8, 4) is 0 Å². The van der Waals surface area contributed by atoms with Crippen LogP contribution in [0.5, 0.6) is 0 Å². The number of pyridine rings is 1. The Balaban J connectivity index is 2.17. The molecule has 0 spiro atoms. The Morgan fingerprint density at radius 1 is 1.04 bits per heavy atom. The van der Waals surface area contributed by atoms with E-state index in [9.17, 15) is 4.79 Å². The molecule has 0 N–H and O–H groups in total. The van der Waals surface area contributed by atoms with E-state index in [2.05, 4.69) is 62.7 Å². The maximum Gasteiger partial charge on any atom is 0.187 e. The highest BCUT2D eigenvalue weighted by Gasteiger charge is 2.49. The van der Waals surface area contributed by atoms with Gasteiger partial charge in [0.15, 0.2) is 5.43 Å². The average molecular weight is 319 g/mol. The van der Waals surface area contributed by atoms with Crippen LogP contribution in [0.1, 0.15) is 55.6 Å². The van der Waals surface area contributed by atoms with Crippen LogP contribution >= 0.6 is 0 Å². The Morgan fingerprint density at radius 2 is 1.71 bits per heavy atom. The number of hydrogen-bond donors (Lipinski definition) is 0. The maximum absolute atomic E-state index is 12.6. The zero-order valence-corrected chi connectivity index (χ0v) is 15.4. The standard InChI is InChI=1S/C22H25NO/c1-13-12-23-19(14(2)20(13)24)17-11-15-9-7-8-10-16(15)18(17)21(3,4)22(23,5)6/h7-10,12H,11H2,1-6H3. The lowest BCUT2D eigenvalue weighted by molar-refractivity contribution is 0.174. The molecular weight excluding hydrogens is 294 g/mol. The van der Waals surface area contributed by atoms with Crippen molar-refractivity contribution in [1.82, 2.24) is 4.57 Å². The van der Waals surface area contributed by atoms with E-state index in [1.165, 1.54) is 22.3 Å². The summed E-state index contributed by atoms with van der Waals surface area (Å²) in [6, 6.07) is 8.71. The molecule has 2 aromatic rings. The third-order valence-corrected chi connectivity index (χ3v) is 6.62. The van der Waals surface area contributed by atoms with Crippen molar-refractivity contribution in [3.63, 3.8) is 0 Å². The highest BCUT2D eigenvalue weighted by molar-refractivity contribution is 6.00. The van der Waals surface area contributed by atoms with Crippen molar-refractivity contribution < 1.29 is 0 Å². The molecule has 0 fully saturated rings. The van der Waals surface area contributed by atoms with Crippen LogP contribution in [0.15, 0.2) is 35.3 Å². The van der Waals surface area contributed by atoms with Crippen LogP contribution in [0.4, 0.5) is 0 Å². The summed E-state index contributed by atoms with van der Waals surface area (Å²) in [5, 5.41) is 0. The molecule has 124 valence electrons. The molecule has 2 heterocycles. The number of hydrogen-bond acceptors (Lipinski definition) is 1. The summed E-state index contributed by atoms with van der Waals surface area (Å²) < 4.78 is 2.36. The van der Waals surface area contributed by atoms with Gasteiger partial charge in [0.1, 0.15) is 0 Å². The molecule has 0 saturated carbocycles. The summed E-state index contributed by atoms with van der Waals surface area (Å²) in [5.41, 5.74) is 8.43. The lowest BCUT2D eigenvalue weighted by Gasteiger charge is -2.50. The fourth-order valence-corrected chi connectivity index (χ4v) is 4.60. The molecule has 2 aliphatic rings. The Kier molecular flexibility index (Phi) is 2.90. The van der Waals surface area contributed by atoms with Crippen LogP contribution in [0.2, 0.25) is 0 Å². The maximum atomic E-state index is 12.6. The van der Waals surface area contributed by atoms with Gasteiger partial charge in [-0.3, -0.25) is 4.79 Å². The van der Waals surface area contributed by atoms with Crippen molar-refractivity contribution >= 4 is 11.1 Å². The van der Waals surface area contributed by atoms with Gasteiger partial charge < -0.3 is 4.57 Å². The van der Waals surface area contributed by atoms with Gasteiger partial charge in [-0.15, -0.1) is 0 Å². The van der Waals surface area contributed by atoms with Crippen molar-refractivity contribution in [3.05, 3.63) is 68.6 Å². The summed E-state index contributed by atoms with van der Waals surface area (Å²) in [7, 11) is 0. The highest BCUT2D eigenvalue weighted by Crippen LogP contribution is 2.58. The van der Waals surface area contributed by atoms with Crippen LogP contribution in [-0.2, 0) is 12.0 Å². The fourth-order valence-electron chi connectivity index (χ4n) is 4.60. The Bertz CT molecular complexity index is 970. The highest BCUT2D eigenvalue weighted by atomic mass is 16.1. The molecule has 24 heavy (non-hydrogen) atoms. The zero-order chi connectivity index (χ0) is 17.4. The van der Waals surface area contributed by atoms with E-state index in [0.29, 0.717) is 0 Å². The smallest absolute Gasteiger partial charge is 0.187 e. The third-order valence-electron chi connectivity index (χ3n) is 6.62.